The van der Waals surface area contributed by atoms with Crippen molar-refractivity contribution in [2.24, 2.45) is 0 Å². The first-order valence-corrected chi connectivity index (χ1v) is 17.2. The van der Waals surface area contributed by atoms with Crippen molar-refractivity contribution in [2.75, 3.05) is 17.1 Å². The second-order valence-electron chi connectivity index (χ2n) is 11.4. The van der Waals surface area contributed by atoms with Crippen molar-refractivity contribution in [1.82, 2.24) is 10.2 Å². The first-order valence-electron chi connectivity index (χ1n) is 14.5. The summed E-state index contributed by atoms with van der Waals surface area (Å²) >= 11 is 12.7. The van der Waals surface area contributed by atoms with Crippen molar-refractivity contribution < 1.29 is 18.0 Å². The van der Waals surface area contributed by atoms with Gasteiger partial charge in [0.25, 0.3) is 0 Å². The number of nitrogens with zero attached hydrogens (tertiary/aromatic N) is 2. The van der Waals surface area contributed by atoms with E-state index in [1.54, 1.807) is 24.3 Å². The minimum absolute atomic E-state index is 0.00506. The van der Waals surface area contributed by atoms with E-state index < -0.39 is 28.5 Å². The molecule has 7 nitrogen and oxygen atoms in total. The minimum atomic E-state index is -3.85. The minimum Gasteiger partial charge on any atom is -0.352 e. The highest BCUT2D eigenvalue weighted by molar-refractivity contribution is 7.92. The van der Waals surface area contributed by atoms with Crippen LogP contribution < -0.4 is 9.62 Å². The number of halogens is 2. The Balaban J connectivity index is 1.76. The van der Waals surface area contributed by atoms with Gasteiger partial charge in [-0.2, -0.15) is 0 Å². The molecule has 43 heavy (non-hydrogen) atoms. The largest absolute Gasteiger partial charge is 0.352 e. The summed E-state index contributed by atoms with van der Waals surface area (Å²) in [6.07, 6.45) is 6.31. The SMILES string of the molecule is Cc1ccc(N(CC(=O)N(Cc2ccc(Cl)cc2Cl)[C@@H](Cc2ccccc2)C(=O)NC2CCCCC2)S(C)(=O)=O)c(C)c1. The molecular weight excluding hydrogens is 605 g/mol. The Labute approximate surface area is 265 Å². The van der Waals surface area contributed by atoms with Crippen LogP contribution in [0, 0.1) is 13.8 Å². The summed E-state index contributed by atoms with van der Waals surface area (Å²) in [4.78, 5) is 29.8. The van der Waals surface area contributed by atoms with Crippen molar-refractivity contribution in [2.45, 2.75) is 71.0 Å². The Kier molecular flexibility index (Phi) is 11.2. The molecule has 1 aliphatic carbocycles. The zero-order valence-corrected chi connectivity index (χ0v) is 27.2. The molecule has 0 heterocycles. The van der Waals surface area contributed by atoms with Gasteiger partial charge in [-0.25, -0.2) is 8.42 Å². The van der Waals surface area contributed by atoms with Crippen LogP contribution >= 0.6 is 23.2 Å². The number of aryl methyl sites for hydroxylation is 2. The van der Waals surface area contributed by atoms with Crippen LogP contribution in [0.25, 0.3) is 0 Å². The molecular formula is C33H39Cl2N3O4S. The normalized spacial score (nSPS) is 14.6. The van der Waals surface area contributed by atoms with Gasteiger partial charge < -0.3 is 10.2 Å². The Morgan fingerprint density at radius 3 is 2.28 bits per heavy atom. The van der Waals surface area contributed by atoms with Gasteiger partial charge in [0.15, 0.2) is 0 Å². The van der Waals surface area contributed by atoms with E-state index in [0.29, 0.717) is 21.3 Å². The van der Waals surface area contributed by atoms with Gasteiger partial charge in [-0.15, -0.1) is 0 Å². The maximum absolute atomic E-state index is 14.3. The molecule has 1 N–H and O–H groups in total. The fourth-order valence-electron chi connectivity index (χ4n) is 5.61. The zero-order valence-electron chi connectivity index (χ0n) is 24.9. The lowest BCUT2D eigenvalue weighted by atomic mass is 9.94. The molecule has 2 amide bonds. The molecule has 0 aliphatic heterocycles. The van der Waals surface area contributed by atoms with Crippen molar-refractivity contribution in [3.8, 4) is 0 Å². The molecule has 1 atom stereocenters. The van der Waals surface area contributed by atoms with Crippen LogP contribution in [0.5, 0.6) is 0 Å². The molecule has 3 aromatic carbocycles. The second kappa shape index (κ2) is 14.6. The monoisotopic (exact) mass is 643 g/mol. The third kappa shape index (κ3) is 8.97. The Morgan fingerprint density at radius 1 is 0.953 bits per heavy atom. The second-order valence-corrected chi connectivity index (χ2v) is 14.1. The van der Waals surface area contributed by atoms with E-state index in [4.69, 9.17) is 23.2 Å². The smallest absolute Gasteiger partial charge is 0.244 e. The maximum atomic E-state index is 14.3. The summed E-state index contributed by atoms with van der Waals surface area (Å²) in [5.74, 6) is -0.789. The average molecular weight is 645 g/mol. The van der Waals surface area contributed by atoms with E-state index in [2.05, 4.69) is 5.32 Å². The lowest BCUT2D eigenvalue weighted by molar-refractivity contribution is -0.140. The molecule has 0 saturated heterocycles. The number of benzene rings is 3. The first kappa shape index (κ1) is 32.8. The third-order valence-corrected chi connectivity index (χ3v) is 9.59. The molecule has 230 valence electrons. The quantitative estimate of drug-likeness (QED) is 0.260. The predicted octanol–water partition coefficient (Wildman–Crippen LogP) is 6.47. The topological polar surface area (TPSA) is 86.8 Å². The van der Waals surface area contributed by atoms with Crippen molar-refractivity contribution >= 4 is 50.7 Å². The van der Waals surface area contributed by atoms with Crippen molar-refractivity contribution in [3.05, 3.63) is 99.0 Å². The number of sulfonamides is 1. The molecule has 0 unspecified atom stereocenters. The van der Waals surface area contributed by atoms with Crippen LogP contribution in [0.15, 0.2) is 66.7 Å². The lowest BCUT2D eigenvalue weighted by Gasteiger charge is -2.35. The van der Waals surface area contributed by atoms with E-state index in [1.807, 2.05) is 56.3 Å². The van der Waals surface area contributed by atoms with Crippen molar-refractivity contribution in [3.63, 3.8) is 0 Å². The van der Waals surface area contributed by atoms with Crippen LogP contribution in [0.3, 0.4) is 0 Å². The molecule has 0 bridgehead atoms. The Bertz CT molecular complexity index is 1540. The molecule has 3 aromatic rings. The van der Waals surface area contributed by atoms with Crippen LogP contribution in [-0.2, 0) is 32.6 Å². The van der Waals surface area contributed by atoms with Gasteiger partial charge in [-0.1, -0.05) is 96.6 Å². The van der Waals surface area contributed by atoms with Gasteiger partial charge in [0.1, 0.15) is 12.6 Å². The number of carbonyl (C=O) groups is 2. The number of amides is 2. The van der Waals surface area contributed by atoms with E-state index in [9.17, 15) is 18.0 Å². The standard InChI is InChI=1S/C33H39Cl2N3O4S/c1-23-14-17-30(24(2)18-23)38(43(3,41)42)22-32(39)37(21-26-15-16-27(34)20-29(26)35)31(19-25-10-6-4-7-11-25)33(40)36-28-12-8-5-9-13-28/h4,6-7,10-11,14-18,20,28,31H,5,8-9,12-13,19,21-22H2,1-3H3,(H,36,40)/t31-/m0/s1. The van der Waals surface area contributed by atoms with Crippen molar-refractivity contribution in [1.29, 1.82) is 0 Å². The number of hydrogen-bond acceptors (Lipinski definition) is 4. The fourth-order valence-corrected chi connectivity index (χ4v) is 6.99. The van der Waals surface area contributed by atoms with E-state index in [0.717, 1.165) is 59.4 Å². The number of nitrogens with one attached hydrogen (secondary N) is 1. The average Bonchev–Trinajstić information content (AvgIpc) is 2.95. The van der Waals surface area contributed by atoms with Gasteiger partial charge in [0.05, 0.1) is 11.9 Å². The van der Waals surface area contributed by atoms with E-state index in [1.165, 1.54) is 4.90 Å². The molecule has 10 heteroatoms. The predicted molar refractivity (Wildman–Crippen MR) is 174 cm³/mol. The van der Waals surface area contributed by atoms with Crippen LogP contribution in [0.4, 0.5) is 5.69 Å². The fraction of sp³-hybridized carbons (Fsp3) is 0.394. The number of hydrogen-bond donors (Lipinski definition) is 1. The third-order valence-electron chi connectivity index (χ3n) is 7.88. The summed E-state index contributed by atoms with van der Waals surface area (Å²) < 4.78 is 27.3. The van der Waals surface area contributed by atoms with Gasteiger partial charge in [0.2, 0.25) is 21.8 Å². The molecule has 1 saturated carbocycles. The number of anilines is 1. The molecule has 4 rings (SSSR count). The zero-order chi connectivity index (χ0) is 31.1. The van der Waals surface area contributed by atoms with Gasteiger partial charge in [-0.3, -0.25) is 13.9 Å². The number of carbonyl (C=O) groups excluding carboxylic acids is 2. The highest BCUT2D eigenvalue weighted by Gasteiger charge is 2.34. The summed E-state index contributed by atoms with van der Waals surface area (Å²) in [6, 6.07) is 19.0. The first-order chi connectivity index (χ1) is 20.4. The summed E-state index contributed by atoms with van der Waals surface area (Å²) in [7, 11) is -3.85. The van der Waals surface area contributed by atoms with Crippen LogP contribution in [0.2, 0.25) is 10.0 Å². The highest BCUT2D eigenvalue weighted by Crippen LogP contribution is 2.27. The molecule has 0 aromatic heterocycles. The lowest BCUT2D eigenvalue weighted by Crippen LogP contribution is -2.55. The maximum Gasteiger partial charge on any atom is 0.244 e. The van der Waals surface area contributed by atoms with Gasteiger partial charge in [0, 0.05) is 29.1 Å². The summed E-state index contributed by atoms with van der Waals surface area (Å²) in [5, 5.41) is 3.99. The molecule has 0 spiro atoms. The van der Waals surface area contributed by atoms with Gasteiger partial charge >= 0.3 is 0 Å². The van der Waals surface area contributed by atoms with Gasteiger partial charge in [-0.05, 0) is 61.6 Å². The van der Waals surface area contributed by atoms with E-state index in [-0.39, 0.29) is 24.9 Å². The molecule has 1 aliphatic rings. The van der Waals surface area contributed by atoms with E-state index >= 15 is 0 Å². The summed E-state index contributed by atoms with van der Waals surface area (Å²) in [5.41, 5.74) is 3.59. The molecule has 0 radical (unpaired) electrons. The molecule has 1 fully saturated rings. The summed E-state index contributed by atoms with van der Waals surface area (Å²) in [6.45, 7) is 3.25. The number of rotatable bonds is 11. The Hall–Kier alpha value is -3.07. The van der Waals surface area contributed by atoms with Crippen LogP contribution in [0.1, 0.15) is 54.4 Å². The Morgan fingerprint density at radius 2 is 1.65 bits per heavy atom. The van der Waals surface area contributed by atoms with Crippen LogP contribution in [-0.4, -0.2) is 50.0 Å². The highest BCUT2D eigenvalue weighted by atomic mass is 35.5.